The van der Waals surface area contributed by atoms with Crippen LogP contribution in [0.3, 0.4) is 0 Å². The number of hydrogen-bond acceptors (Lipinski definition) is 4. The average Bonchev–Trinajstić information content (AvgIpc) is 2.93. The summed E-state index contributed by atoms with van der Waals surface area (Å²) in [5.74, 6) is -0.251. The van der Waals surface area contributed by atoms with Crippen molar-refractivity contribution in [2.45, 2.75) is 0 Å². The molecule has 0 aromatic heterocycles. The molecule has 5 rings (SSSR count). The lowest BCUT2D eigenvalue weighted by Crippen LogP contribution is -2.48. The van der Waals surface area contributed by atoms with Gasteiger partial charge in [-0.3, -0.25) is 14.9 Å². The standard InChI is InChI=1S/C29H24BrClN4O2S/c30-24-11-5-8-21-22(24)9-4-10-23(21)27(36)33-29(38)32-20-12-13-26(25(31)18-20)34-14-16-35(17-15-34)28(37)19-6-2-1-3-7-19/h1-13,18H,14-17H2,(H2,32,33,36,38). The smallest absolute Gasteiger partial charge is 0.258 e. The summed E-state index contributed by atoms with van der Waals surface area (Å²) in [5.41, 5.74) is 2.79. The van der Waals surface area contributed by atoms with Crippen molar-refractivity contribution in [3.8, 4) is 0 Å². The summed E-state index contributed by atoms with van der Waals surface area (Å²) < 4.78 is 0.921. The maximum atomic E-state index is 12.9. The van der Waals surface area contributed by atoms with Crippen LogP contribution in [0, 0.1) is 0 Å². The van der Waals surface area contributed by atoms with E-state index in [1.807, 2.05) is 77.7 Å². The Morgan fingerprint density at radius 2 is 1.55 bits per heavy atom. The van der Waals surface area contributed by atoms with Crippen LogP contribution in [0.4, 0.5) is 11.4 Å². The molecule has 1 aliphatic heterocycles. The van der Waals surface area contributed by atoms with Gasteiger partial charge >= 0.3 is 0 Å². The fourth-order valence-corrected chi connectivity index (χ4v) is 5.57. The van der Waals surface area contributed by atoms with E-state index in [1.54, 1.807) is 12.1 Å². The summed E-state index contributed by atoms with van der Waals surface area (Å²) in [4.78, 5) is 29.7. The Labute approximate surface area is 239 Å². The highest BCUT2D eigenvalue weighted by Gasteiger charge is 2.23. The number of nitrogens with zero attached hydrogens (tertiary/aromatic N) is 2. The Kier molecular flexibility index (Phi) is 7.93. The molecule has 1 heterocycles. The van der Waals surface area contributed by atoms with Crippen molar-refractivity contribution in [1.82, 2.24) is 10.2 Å². The van der Waals surface area contributed by atoms with Crippen LogP contribution in [0.5, 0.6) is 0 Å². The molecule has 9 heteroatoms. The Bertz CT molecular complexity index is 1520. The molecule has 6 nitrogen and oxygen atoms in total. The molecule has 2 amide bonds. The number of halogens is 2. The molecular weight excluding hydrogens is 584 g/mol. The van der Waals surface area contributed by atoms with E-state index in [1.165, 1.54) is 0 Å². The van der Waals surface area contributed by atoms with Gasteiger partial charge < -0.3 is 15.1 Å². The van der Waals surface area contributed by atoms with E-state index < -0.39 is 0 Å². The Hall–Kier alpha value is -3.46. The van der Waals surface area contributed by atoms with Gasteiger partial charge in [0, 0.05) is 47.5 Å². The number of piperazine rings is 1. The summed E-state index contributed by atoms with van der Waals surface area (Å²) in [5, 5.41) is 8.33. The molecule has 0 saturated carbocycles. The van der Waals surface area contributed by atoms with Crippen molar-refractivity contribution in [3.63, 3.8) is 0 Å². The van der Waals surface area contributed by atoms with Crippen molar-refractivity contribution in [2.24, 2.45) is 0 Å². The highest BCUT2D eigenvalue weighted by Crippen LogP contribution is 2.30. The number of nitrogens with one attached hydrogen (secondary N) is 2. The number of thiocarbonyl (C=S) groups is 1. The number of benzene rings is 4. The number of hydrogen-bond donors (Lipinski definition) is 2. The molecule has 1 saturated heterocycles. The lowest BCUT2D eigenvalue weighted by molar-refractivity contribution is 0.0746. The van der Waals surface area contributed by atoms with Crippen LogP contribution < -0.4 is 15.5 Å². The topological polar surface area (TPSA) is 64.7 Å². The van der Waals surface area contributed by atoms with Crippen LogP contribution in [0.2, 0.25) is 5.02 Å². The van der Waals surface area contributed by atoms with E-state index in [0.717, 1.165) is 20.9 Å². The molecule has 0 spiro atoms. The third-order valence-electron chi connectivity index (χ3n) is 6.47. The van der Waals surface area contributed by atoms with Crippen LogP contribution in [-0.2, 0) is 0 Å². The molecule has 0 bridgehead atoms. The predicted molar refractivity (Wildman–Crippen MR) is 161 cm³/mol. The third kappa shape index (κ3) is 5.67. The van der Waals surface area contributed by atoms with Crippen molar-refractivity contribution in [2.75, 3.05) is 36.4 Å². The fraction of sp³-hybridized carbons (Fsp3) is 0.138. The number of carbonyl (C=O) groups is 2. The zero-order valence-corrected chi connectivity index (χ0v) is 23.4. The second-order valence-electron chi connectivity index (χ2n) is 8.86. The normalized spacial score (nSPS) is 13.3. The molecule has 2 N–H and O–H groups in total. The Balaban J connectivity index is 1.20. The van der Waals surface area contributed by atoms with Crippen LogP contribution in [-0.4, -0.2) is 48.0 Å². The number of amides is 2. The zero-order chi connectivity index (χ0) is 26.6. The van der Waals surface area contributed by atoms with Gasteiger partial charge in [0.15, 0.2) is 5.11 Å². The van der Waals surface area contributed by atoms with Crippen molar-refractivity contribution < 1.29 is 9.59 Å². The second-order valence-corrected chi connectivity index (χ2v) is 10.5. The van der Waals surface area contributed by atoms with Gasteiger partial charge in [-0.25, -0.2) is 0 Å². The van der Waals surface area contributed by atoms with E-state index in [9.17, 15) is 9.59 Å². The summed E-state index contributed by atoms with van der Waals surface area (Å²) in [7, 11) is 0. The summed E-state index contributed by atoms with van der Waals surface area (Å²) in [6, 6.07) is 26.2. The highest BCUT2D eigenvalue weighted by atomic mass is 79.9. The summed E-state index contributed by atoms with van der Waals surface area (Å²) in [6.45, 7) is 2.59. The first-order chi connectivity index (χ1) is 18.4. The highest BCUT2D eigenvalue weighted by molar-refractivity contribution is 9.10. The molecule has 192 valence electrons. The minimum absolute atomic E-state index is 0.0441. The quantitative estimate of drug-likeness (QED) is 0.265. The summed E-state index contributed by atoms with van der Waals surface area (Å²) >= 11 is 15.6. The van der Waals surface area contributed by atoms with Crippen molar-refractivity contribution in [3.05, 3.63) is 106 Å². The molecule has 38 heavy (non-hydrogen) atoms. The molecule has 0 radical (unpaired) electrons. The number of fused-ring (bicyclic) bond motifs is 1. The Morgan fingerprint density at radius 3 is 2.29 bits per heavy atom. The molecule has 0 unspecified atom stereocenters. The van der Waals surface area contributed by atoms with Gasteiger partial charge in [0.05, 0.1) is 10.7 Å². The van der Waals surface area contributed by atoms with Crippen LogP contribution in [0.1, 0.15) is 20.7 Å². The predicted octanol–water partition coefficient (Wildman–Crippen LogP) is 6.34. The fourth-order valence-electron chi connectivity index (χ4n) is 4.56. The first-order valence-corrected chi connectivity index (χ1v) is 13.7. The minimum Gasteiger partial charge on any atom is -0.367 e. The third-order valence-corrected chi connectivity index (χ3v) is 7.67. The van der Waals surface area contributed by atoms with E-state index in [0.29, 0.717) is 48.0 Å². The zero-order valence-electron chi connectivity index (χ0n) is 20.3. The van der Waals surface area contributed by atoms with Gasteiger partial charge in [-0.05, 0) is 65.5 Å². The first-order valence-electron chi connectivity index (χ1n) is 12.1. The minimum atomic E-state index is -0.295. The maximum absolute atomic E-state index is 12.9. The number of rotatable bonds is 4. The molecule has 0 aliphatic carbocycles. The van der Waals surface area contributed by atoms with Crippen LogP contribution in [0.25, 0.3) is 10.8 Å². The van der Waals surface area contributed by atoms with E-state index >= 15 is 0 Å². The van der Waals surface area contributed by atoms with Crippen LogP contribution in [0.15, 0.2) is 89.4 Å². The lowest BCUT2D eigenvalue weighted by atomic mass is 10.0. The SMILES string of the molecule is O=C(NC(=S)Nc1ccc(N2CCN(C(=O)c3ccccc3)CC2)c(Cl)c1)c1cccc2c(Br)cccc12. The van der Waals surface area contributed by atoms with Gasteiger partial charge in [0.25, 0.3) is 11.8 Å². The molecule has 1 aliphatic rings. The van der Waals surface area contributed by atoms with E-state index in [2.05, 4.69) is 31.5 Å². The van der Waals surface area contributed by atoms with Gasteiger partial charge in [0.1, 0.15) is 0 Å². The molecule has 4 aromatic carbocycles. The number of carbonyl (C=O) groups excluding carboxylic acids is 2. The molecular formula is C29H24BrClN4O2S. The monoisotopic (exact) mass is 606 g/mol. The maximum Gasteiger partial charge on any atom is 0.258 e. The van der Waals surface area contributed by atoms with Crippen molar-refractivity contribution in [1.29, 1.82) is 0 Å². The summed E-state index contributed by atoms with van der Waals surface area (Å²) in [6.07, 6.45) is 0. The average molecular weight is 608 g/mol. The number of anilines is 2. The molecule has 0 atom stereocenters. The van der Waals surface area contributed by atoms with E-state index in [4.69, 9.17) is 23.8 Å². The lowest BCUT2D eigenvalue weighted by Gasteiger charge is -2.36. The molecule has 4 aromatic rings. The van der Waals surface area contributed by atoms with E-state index in [-0.39, 0.29) is 16.9 Å². The van der Waals surface area contributed by atoms with Gasteiger partial charge in [-0.1, -0.05) is 70.0 Å². The first kappa shape index (κ1) is 26.2. The molecule has 1 fully saturated rings. The van der Waals surface area contributed by atoms with Crippen molar-refractivity contribution >= 4 is 78.8 Å². The second kappa shape index (κ2) is 11.5. The largest absolute Gasteiger partial charge is 0.367 e. The van der Waals surface area contributed by atoms with Gasteiger partial charge in [0.2, 0.25) is 0 Å². The van der Waals surface area contributed by atoms with Gasteiger partial charge in [-0.15, -0.1) is 0 Å². The van der Waals surface area contributed by atoms with Crippen LogP contribution >= 0.6 is 39.7 Å². The van der Waals surface area contributed by atoms with Gasteiger partial charge in [-0.2, -0.15) is 0 Å². The Morgan fingerprint density at radius 1 is 0.842 bits per heavy atom.